The molecule has 1 aliphatic carbocycles. The Kier molecular flexibility index (Phi) is 4.11. The predicted molar refractivity (Wildman–Crippen MR) is 107 cm³/mol. The number of halogens is 1. The fourth-order valence-electron chi connectivity index (χ4n) is 4.53. The Morgan fingerprint density at radius 2 is 1.72 bits per heavy atom. The number of nitrogens with zero attached hydrogens (tertiary/aromatic N) is 1. The van der Waals surface area contributed by atoms with Crippen LogP contribution in [0.4, 0.5) is 0 Å². The number of benzene rings is 2. The van der Waals surface area contributed by atoms with E-state index in [1.807, 2.05) is 12.1 Å². The van der Waals surface area contributed by atoms with E-state index in [0.717, 1.165) is 10.9 Å². The number of fused-ring (bicyclic) bond motifs is 2. The van der Waals surface area contributed by atoms with E-state index in [-0.39, 0.29) is 0 Å². The van der Waals surface area contributed by atoms with Gasteiger partial charge in [0.1, 0.15) is 0 Å². The van der Waals surface area contributed by atoms with Gasteiger partial charge in [-0.05, 0) is 73.5 Å². The Morgan fingerprint density at radius 3 is 2.44 bits per heavy atom. The molecule has 1 saturated carbocycles. The highest BCUT2D eigenvalue weighted by Gasteiger charge is 2.46. The molecular formula is C22H24ClNS. The van der Waals surface area contributed by atoms with Gasteiger partial charge in [0, 0.05) is 16.3 Å². The number of hydrogen-bond donors (Lipinski definition) is 0. The van der Waals surface area contributed by atoms with Crippen LogP contribution in [-0.2, 0) is 4.75 Å². The van der Waals surface area contributed by atoms with Gasteiger partial charge in [0.05, 0.1) is 5.25 Å². The molecule has 2 aromatic rings. The molecule has 0 N–H and O–H groups in total. The van der Waals surface area contributed by atoms with E-state index in [9.17, 15) is 0 Å². The second-order valence-electron chi connectivity index (χ2n) is 7.87. The lowest BCUT2D eigenvalue weighted by Crippen LogP contribution is -2.40. The molecule has 2 heterocycles. The molecule has 0 bridgehead atoms. The smallest absolute Gasteiger partial charge is 0.0558 e. The zero-order valence-electron chi connectivity index (χ0n) is 14.5. The third-order valence-corrected chi connectivity index (χ3v) is 8.22. The summed E-state index contributed by atoms with van der Waals surface area (Å²) < 4.78 is 0.306. The molecule has 0 radical (unpaired) electrons. The van der Waals surface area contributed by atoms with Gasteiger partial charge in [-0.3, -0.25) is 0 Å². The quantitative estimate of drug-likeness (QED) is 0.664. The monoisotopic (exact) mass is 369 g/mol. The minimum Gasteiger partial charge on any atom is -0.303 e. The zero-order chi connectivity index (χ0) is 16.9. The second-order valence-corrected chi connectivity index (χ2v) is 9.80. The molecule has 3 heteroatoms. The number of rotatable bonds is 3. The third-order valence-electron chi connectivity index (χ3n) is 6.13. The first-order valence-electron chi connectivity index (χ1n) is 9.49. The number of thioether (sulfide) groups is 1. The predicted octanol–water partition coefficient (Wildman–Crippen LogP) is 5.88. The van der Waals surface area contributed by atoms with Crippen LogP contribution in [0, 0.1) is 5.92 Å². The summed E-state index contributed by atoms with van der Waals surface area (Å²) in [5.41, 5.74) is 4.50. The number of likely N-dealkylation sites (tertiary alicyclic amines) is 1. The third kappa shape index (κ3) is 3.03. The summed E-state index contributed by atoms with van der Waals surface area (Å²) in [5, 5.41) is 1.27. The van der Waals surface area contributed by atoms with Gasteiger partial charge in [0.15, 0.2) is 0 Å². The van der Waals surface area contributed by atoms with Crippen LogP contribution in [0.3, 0.4) is 0 Å². The standard InChI is InChI=1S/C22H24ClNS/c23-18-9-7-17(8-10-18)21-19-3-1-2-4-20(19)22(25-21)11-13-24(14-12-22)15-16-5-6-16/h1-4,7-10,16,21H,5-6,11-15H2. The van der Waals surface area contributed by atoms with Crippen LogP contribution in [0.1, 0.15) is 47.6 Å². The molecule has 2 aromatic carbocycles. The van der Waals surface area contributed by atoms with Gasteiger partial charge in [0.2, 0.25) is 0 Å². The van der Waals surface area contributed by atoms with Crippen LogP contribution >= 0.6 is 23.4 Å². The molecule has 3 aliphatic rings. The van der Waals surface area contributed by atoms with E-state index in [0.29, 0.717) is 10.00 Å². The first-order chi connectivity index (χ1) is 12.2. The van der Waals surface area contributed by atoms with Gasteiger partial charge in [-0.25, -0.2) is 0 Å². The van der Waals surface area contributed by atoms with Crippen molar-refractivity contribution in [3.8, 4) is 0 Å². The van der Waals surface area contributed by atoms with E-state index >= 15 is 0 Å². The molecule has 2 aliphatic heterocycles. The van der Waals surface area contributed by atoms with Gasteiger partial charge in [0.25, 0.3) is 0 Å². The topological polar surface area (TPSA) is 3.24 Å². The Labute approximate surface area is 159 Å². The van der Waals surface area contributed by atoms with Crippen molar-refractivity contribution < 1.29 is 0 Å². The molecule has 1 atom stereocenters. The second kappa shape index (κ2) is 6.33. The summed E-state index contributed by atoms with van der Waals surface area (Å²) in [6.07, 6.45) is 5.48. The first kappa shape index (κ1) is 16.2. The van der Waals surface area contributed by atoms with E-state index in [4.69, 9.17) is 11.6 Å². The van der Waals surface area contributed by atoms with Gasteiger partial charge in [-0.2, -0.15) is 0 Å². The van der Waals surface area contributed by atoms with Crippen molar-refractivity contribution in [1.82, 2.24) is 4.90 Å². The molecule has 2 fully saturated rings. The molecule has 130 valence electrons. The van der Waals surface area contributed by atoms with Crippen LogP contribution in [0.2, 0.25) is 5.02 Å². The Hall–Kier alpha value is -0.960. The Morgan fingerprint density at radius 1 is 1.00 bits per heavy atom. The van der Waals surface area contributed by atoms with Crippen molar-refractivity contribution in [1.29, 1.82) is 0 Å². The minimum atomic E-state index is 0.306. The lowest BCUT2D eigenvalue weighted by molar-refractivity contribution is 0.194. The summed E-state index contributed by atoms with van der Waals surface area (Å²) in [7, 11) is 0. The van der Waals surface area contributed by atoms with Crippen LogP contribution in [0.15, 0.2) is 48.5 Å². The fraction of sp³-hybridized carbons (Fsp3) is 0.455. The highest BCUT2D eigenvalue weighted by molar-refractivity contribution is 8.01. The van der Waals surface area contributed by atoms with Crippen LogP contribution in [-0.4, -0.2) is 24.5 Å². The maximum Gasteiger partial charge on any atom is 0.0558 e. The van der Waals surface area contributed by atoms with Crippen molar-refractivity contribution in [3.63, 3.8) is 0 Å². The SMILES string of the molecule is Clc1ccc(C2SC3(CCN(CC4CC4)CC3)c3ccccc32)cc1. The van der Waals surface area contributed by atoms with Gasteiger partial charge in [-0.15, -0.1) is 11.8 Å². The highest BCUT2D eigenvalue weighted by Crippen LogP contribution is 2.61. The van der Waals surface area contributed by atoms with Gasteiger partial charge >= 0.3 is 0 Å². The first-order valence-corrected chi connectivity index (χ1v) is 10.7. The number of piperidine rings is 1. The van der Waals surface area contributed by atoms with Crippen molar-refractivity contribution in [2.75, 3.05) is 19.6 Å². The fourth-order valence-corrected chi connectivity index (χ4v) is 6.46. The molecule has 1 unspecified atom stereocenters. The average molecular weight is 370 g/mol. The summed E-state index contributed by atoms with van der Waals surface area (Å²) in [5.74, 6) is 0.999. The largest absolute Gasteiger partial charge is 0.303 e. The maximum absolute atomic E-state index is 6.11. The van der Waals surface area contributed by atoms with Gasteiger partial charge < -0.3 is 4.90 Å². The zero-order valence-corrected chi connectivity index (χ0v) is 16.0. The molecule has 1 spiro atoms. The maximum atomic E-state index is 6.11. The van der Waals surface area contributed by atoms with Crippen molar-refractivity contribution >= 4 is 23.4 Å². The Balaban J connectivity index is 1.43. The van der Waals surface area contributed by atoms with Crippen molar-refractivity contribution in [2.24, 2.45) is 5.92 Å². The lowest BCUT2D eigenvalue weighted by atomic mass is 9.84. The molecule has 1 saturated heterocycles. The van der Waals surface area contributed by atoms with E-state index in [1.54, 1.807) is 5.56 Å². The number of hydrogen-bond acceptors (Lipinski definition) is 2. The highest BCUT2D eigenvalue weighted by atomic mass is 35.5. The van der Waals surface area contributed by atoms with E-state index < -0.39 is 0 Å². The lowest BCUT2D eigenvalue weighted by Gasteiger charge is -2.40. The normalized spacial score (nSPS) is 25.2. The summed E-state index contributed by atoms with van der Waals surface area (Å²) >= 11 is 8.30. The summed E-state index contributed by atoms with van der Waals surface area (Å²) in [4.78, 5) is 2.71. The molecular weight excluding hydrogens is 346 g/mol. The molecule has 0 amide bonds. The summed E-state index contributed by atoms with van der Waals surface area (Å²) in [6.45, 7) is 3.85. The van der Waals surface area contributed by atoms with Crippen molar-refractivity contribution in [2.45, 2.75) is 35.7 Å². The minimum absolute atomic E-state index is 0.306. The molecule has 1 nitrogen and oxygen atoms in total. The molecule has 5 rings (SSSR count). The molecule has 25 heavy (non-hydrogen) atoms. The van der Waals surface area contributed by atoms with Gasteiger partial charge in [-0.1, -0.05) is 48.0 Å². The van der Waals surface area contributed by atoms with E-state index in [1.165, 1.54) is 56.4 Å². The van der Waals surface area contributed by atoms with E-state index in [2.05, 4.69) is 53.1 Å². The van der Waals surface area contributed by atoms with Crippen LogP contribution < -0.4 is 0 Å². The Bertz CT molecular complexity index is 760. The molecule has 0 aromatic heterocycles. The average Bonchev–Trinajstić information content (AvgIpc) is 3.41. The summed E-state index contributed by atoms with van der Waals surface area (Å²) in [6, 6.07) is 17.6. The van der Waals surface area contributed by atoms with Crippen LogP contribution in [0.5, 0.6) is 0 Å². The van der Waals surface area contributed by atoms with Crippen molar-refractivity contribution in [3.05, 3.63) is 70.2 Å². The van der Waals surface area contributed by atoms with Crippen LogP contribution in [0.25, 0.3) is 0 Å².